The number of esters is 1. The van der Waals surface area contributed by atoms with Gasteiger partial charge in [0, 0.05) is 6.42 Å². The zero-order valence-corrected chi connectivity index (χ0v) is 15.5. The van der Waals surface area contributed by atoms with Gasteiger partial charge in [0.15, 0.2) is 0 Å². The third kappa shape index (κ3) is 3.55. The molecule has 0 spiro atoms. The van der Waals surface area contributed by atoms with Gasteiger partial charge in [-0.15, -0.1) is 0 Å². The van der Waals surface area contributed by atoms with Crippen LogP contribution in [0.15, 0.2) is 0 Å². The molecular weight excluding hydrogens is 308 g/mol. The van der Waals surface area contributed by atoms with E-state index in [1.807, 2.05) is 34.6 Å². The van der Waals surface area contributed by atoms with Crippen LogP contribution in [0.2, 0.25) is 0 Å². The van der Waals surface area contributed by atoms with Crippen molar-refractivity contribution >= 4 is 12.1 Å². The van der Waals surface area contributed by atoms with Crippen LogP contribution in [-0.2, 0) is 19.0 Å². The smallest absolute Gasteiger partial charge is 0.459 e. The molecule has 4 rings (SSSR count). The number of hydrogen-bond donors (Lipinski definition) is 0. The number of hydrogen-bond acceptors (Lipinski definition) is 5. The van der Waals surface area contributed by atoms with Crippen LogP contribution in [0.3, 0.4) is 0 Å². The van der Waals surface area contributed by atoms with E-state index in [2.05, 4.69) is 0 Å². The van der Waals surface area contributed by atoms with Crippen molar-refractivity contribution in [1.82, 2.24) is 0 Å². The van der Waals surface area contributed by atoms with Crippen LogP contribution < -0.4 is 0 Å². The van der Waals surface area contributed by atoms with Crippen LogP contribution >= 0.6 is 0 Å². The molecule has 0 aromatic rings. The van der Waals surface area contributed by atoms with Gasteiger partial charge in [-0.05, 0) is 64.7 Å². The van der Waals surface area contributed by atoms with Crippen molar-refractivity contribution in [2.45, 2.75) is 89.9 Å². The highest BCUT2D eigenvalue weighted by molar-refractivity contribution is 5.72. The molecule has 136 valence electrons. The quantitative estimate of drug-likeness (QED) is 0.721. The molecule has 2 atom stereocenters. The van der Waals surface area contributed by atoms with E-state index < -0.39 is 23.0 Å². The Labute approximate surface area is 144 Å². The van der Waals surface area contributed by atoms with Gasteiger partial charge in [0.2, 0.25) is 0 Å². The molecule has 0 radical (unpaired) electrons. The molecule has 4 aliphatic carbocycles. The summed E-state index contributed by atoms with van der Waals surface area (Å²) < 4.78 is 17.1. The summed E-state index contributed by atoms with van der Waals surface area (Å²) in [6.45, 7) is 9.21. The normalized spacial score (nSPS) is 37.4. The third-order valence-electron chi connectivity index (χ3n) is 5.43. The Morgan fingerprint density at radius 2 is 1.46 bits per heavy atom. The molecule has 0 saturated heterocycles. The van der Waals surface area contributed by atoms with Crippen LogP contribution in [0.25, 0.3) is 0 Å². The van der Waals surface area contributed by atoms with Crippen molar-refractivity contribution in [3.8, 4) is 0 Å². The molecule has 0 heterocycles. The maximum atomic E-state index is 12.2. The second-order valence-electron chi connectivity index (χ2n) is 9.47. The first-order chi connectivity index (χ1) is 11.0. The Morgan fingerprint density at radius 3 is 1.92 bits per heavy atom. The Hall–Kier alpha value is -1.26. The number of carbonyl (C=O) groups excluding carboxylic acids is 2. The molecule has 0 N–H and O–H groups in total. The third-order valence-corrected chi connectivity index (χ3v) is 5.43. The fourth-order valence-electron chi connectivity index (χ4n) is 5.11. The van der Waals surface area contributed by atoms with Crippen LogP contribution in [-0.4, -0.2) is 28.9 Å². The molecule has 0 aromatic heterocycles. The van der Waals surface area contributed by atoms with Crippen molar-refractivity contribution in [2.75, 3.05) is 0 Å². The van der Waals surface area contributed by atoms with Gasteiger partial charge < -0.3 is 14.2 Å². The summed E-state index contributed by atoms with van der Waals surface area (Å²) in [5, 5.41) is 0. The van der Waals surface area contributed by atoms with Crippen molar-refractivity contribution in [3.63, 3.8) is 0 Å². The Bertz CT molecular complexity index is 516. The Balaban J connectivity index is 1.75. The average Bonchev–Trinajstić information content (AvgIpc) is 2.32. The lowest BCUT2D eigenvalue weighted by Gasteiger charge is -2.60. The minimum atomic E-state index is -0.602. The summed E-state index contributed by atoms with van der Waals surface area (Å²) >= 11 is 0. The molecule has 0 amide bonds. The van der Waals surface area contributed by atoms with Crippen molar-refractivity contribution in [1.29, 1.82) is 0 Å². The predicted octanol–water partition coefficient (Wildman–Crippen LogP) is 4.23. The van der Waals surface area contributed by atoms with Gasteiger partial charge in [-0.1, -0.05) is 13.8 Å². The van der Waals surface area contributed by atoms with Crippen LogP contribution in [0, 0.1) is 17.8 Å². The largest absolute Gasteiger partial charge is 0.509 e. The first-order valence-corrected chi connectivity index (χ1v) is 9.15. The lowest BCUT2D eigenvalue weighted by Crippen LogP contribution is -2.62. The van der Waals surface area contributed by atoms with E-state index in [0.29, 0.717) is 18.3 Å². The first-order valence-electron chi connectivity index (χ1n) is 9.15. The van der Waals surface area contributed by atoms with Gasteiger partial charge in [0.1, 0.15) is 16.8 Å². The zero-order valence-electron chi connectivity index (χ0n) is 15.5. The monoisotopic (exact) mass is 338 g/mol. The van der Waals surface area contributed by atoms with Gasteiger partial charge in [0.05, 0.1) is 5.92 Å². The lowest BCUT2D eigenvalue weighted by molar-refractivity contribution is -0.226. The standard InChI is InChI=1S/C19H30O5/c1-12(2)15(20)22-18-7-13-6-14(8-18)10-19(9-13,11-18)24-16(21)23-17(3,4)5/h12-14H,6-11H2,1-5H3. The molecule has 24 heavy (non-hydrogen) atoms. The molecule has 4 bridgehead atoms. The molecule has 5 nitrogen and oxygen atoms in total. The van der Waals surface area contributed by atoms with E-state index in [1.54, 1.807) is 0 Å². The summed E-state index contributed by atoms with van der Waals surface area (Å²) in [5.41, 5.74) is -1.54. The molecule has 4 aliphatic rings. The van der Waals surface area contributed by atoms with E-state index in [1.165, 1.54) is 0 Å². The number of carbonyl (C=O) groups is 2. The molecule has 0 aliphatic heterocycles. The minimum absolute atomic E-state index is 0.138. The summed E-state index contributed by atoms with van der Waals surface area (Å²) in [7, 11) is 0. The summed E-state index contributed by atoms with van der Waals surface area (Å²) in [6, 6.07) is 0. The SMILES string of the molecule is CC(C)C(=O)OC12CC3CC(CC(OC(=O)OC(C)(C)C)(C3)C1)C2. The summed E-state index contributed by atoms with van der Waals surface area (Å²) in [6.07, 6.45) is 4.70. The summed E-state index contributed by atoms with van der Waals surface area (Å²) in [4.78, 5) is 24.4. The lowest BCUT2D eigenvalue weighted by atomic mass is 9.52. The van der Waals surface area contributed by atoms with E-state index >= 15 is 0 Å². The second kappa shape index (κ2) is 5.63. The Morgan fingerprint density at radius 1 is 0.958 bits per heavy atom. The van der Waals surface area contributed by atoms with Gasteiger partial charge in [-0.3, -0.25) is 4.79 Å². The number of rotatable bonds is 3. The van der Waals surface area contributed by atoms with Crippen LogP contribution in [0.5, 0.6) is 0 Å². The summed E-state index contributed by atoms with van der Waals surface area (Å²) in [5.74, 6) is 0.646. The van der Waals surface area contributed by atoms with Crippen molar-refractivity contribution < 1.29 is 23.8 Å². The molecule has 4 fully saturated rings. The predicted molar refractivity (Wildman–Crippen MR) is 88.4 cm³/mol. The van der Waals surface area contributed by atoms with E-state index in [-0.39, 0.29) is 11.9 Å². The van der Waals surface area contributed by atoms with E-state index in [4.69, 9.17) is 14.2 Å². The average molecular weight is 338 g/mol. The Kier molecular flexibility index (Phi) is 4.12. The van der Waals surface area contributed by atoms with Crippen molar-refractivity contribution in [3.05, 3.63) is 0 Å². The van der Waals surface area contributed by atoms with Crippen LogP contribution in [0.1, 0.15) is 73.1 Å². The second-order valence-corrected chi connectivity index (χ2v) is 9.47. The molecule has 0 aromatic carbocycles. The highest BCUT2D eigenvalue weighted by atomic mass is 16.7. The zero-order chi connectivity index (χ0) is 17.8. The van der Waals surface area contributed by atoms with Gasteiger partial charge in [-0.25, -0.2) is 4.79 Å². The maximum absolute atomic E-state index is 12.2. The number of ether oxygens (including phenoxy) is 3. The topological polar surface area (TPSA) is 61.8 Å². The fraction of sp³-hybridized carbons (Fsp3) is 0.895. The molecule has 5 heteroatoms. The highest BCUT2D eigenvalue weighted by Gasteiger charge is 2.61. The van der Waals surface area contributed by atoms with Crippen LogP contribution in [0.4, 0.5) is 4.79 Å². The maximum Gasteiger partial charge on any atom is 0.509 e. The molecular formula is C19H30O5. The van der Waals surface area contributed by atoms with Crippen molar-refractivity contribution in [2.24, 2.45) is 17.8 Å². The first kappa shape index (κ1) is 17.6. The van der Waals surface area contributed by atoms with Gasteiger partial charge >= 0.3 is 12.1 Å². The molecule has 4 saturated carbocycles. The fourth-order valence-corrected chi connectivity index (χ4v) is 5.11. The van der Waals surface area contributed by atoms with E-state index in [9.17, 15) is 9.59 Å². The van der Waals surface area contributed by atoms with Gasteiger partial charge in [0.25, 0.3) is 0 Å². The minimum Gasteiger partial charge on any atom is -0.459 e. The van der Waals surface area contributed by atoms with E-state index in [0.717, 1.165) is 32.1 Å². The highest BCUT2D eigenvalue weighted by Crippen LogP contribution is 2.60. The van der Waals surface area contributed by atoms with Gasteiger partial charge in [-0.2, -0.15) is 0 Å². The molecule has 2 unspecified atom stereocenters.